The largest absolute Gasteiger partial charge is 0.383 e. The van der Waals surface area contributed by atoms with Crippen LogP contribution in [0.5, 0.6) is 0 Å². The van der Waals surface area contributed by atoms with E-state index in [0.717, 1.165) is 13.1 Å². The lowest BCUT2D eigenvalue weighted by molar-refractivity contribution is -0.135. The first-order valence-electron chi connectivity index (χ1n) is 6.56. The van der Waals surface area contributed by atoms with Crippen molar-refractivity contribution >= 4 is 36.6 Å². The summed E-state index contributed by atoms with van der Waals surface area (Å²) in [5.41, 5.74) is 5.17. The number of ether oxygens (including phenoxy) is 1. The Kier molecular flexibility index (Phi) is 13.0. The van der Waals surface area contributed by atoms with E-state index >= 15 is 0 Å². The van der Waals surface area contributed by atoms with E-state index in [1.807, 2.05) is 0 Å². The second-order valence-electron chi connectivity index (χ2n) is 4.70. The van der Waals surface area contributed by atoms with Crippen LogP contribution in [0.1, 0.15) is 6.92 Å². The molecule has 1 fully saturated rings. The topological polar surface area (TPSA) is 87.9 Å². The molecule has 1 rings (SSSR count). The Hall–Kier alpha value is -0.600. The van der Waals surface area contributed by atoms with Gasteiger partial charge in [-0.15, -0.1) is 24.8 Å². The second-order valence-corrected chi connectivity index (χ2v) is 4.70. The third-order valence-corrected chi connectivity index (χ3v) is 3.32. The Balaban J connectivity index is 0. The van der Waals surface area contributed by atoms with Crippen molar-refractivity contribution in [3.8, 4) is 0 Å². The molecule has 9 heteroatoms. The summed E-state index contributed by atoms with van der Waals surface area (Å²) in [6.45, 7) is 5.81. The predicted octanol–water partition coefficient (Wildman–Crippen LogP) is -0.916. The van der Waals surface area contributed by atoms with E-state index in [1.54, 1.807) is 12.0 Å². The number of hydrogen-bond acceptors (Lipinski definition) is 5. The van der Waals surface area contributed by atoms with Crippen LogP contribution in [0.3, 0.4) is 0 Å². The van der Waals surface area contributed by atoms with E-state index in [2.05, 4.69) is 17.1 Å². The van der Waals surface area contributed by atoms with E-state index in [-0.39, 0.29) is 49.7 Å². The summed E-state index contributed by atoms with van der Waals surface area (Å²) >= 11 is 0. The first-order valence-corrected chi connectivity index (χ1v) is 6.56. The van der Waals surface area contributed by atoms with Crippen molar-refractivity contribution in [1.82, 2.24) is 15.1 Å². The minimum Gasteiger partial charge on any atom is -0.383 e. The van der Waals surface area contributed by atoms with Gasteiger partial charge in [-0.1, -0.05) is 0 Å². The van der Waals surface area contributed by atoms with Crippen LogP contribution < -0.4 is 11.1 Å². The molecule has 3 N–H and O–H groups in total. The fourth-order valence-corrected chi connectivity index (χ4v) is 2.12. The molecule has 1 saturated heterocycles. The normalized spacial score (nSPS) is 18.4. The van der Waals surface area contributed by atoms with Crippen LogP contribution in [0.4, 0.5) is 0 Å². The summed E-state index contributed by atoms with van der Waals surface area (Å²) in [5, 5.41) is 2.50. The molecule has 21 heavy (non-hydrogen) atoms. The molecule has 1 aliphatic heterocycles. The van der Waals surface area contributed by atoms with Crippen molar-refractivity contribution in [3.05, 3.63) is 0 Å². The Morgan fingerprint density at radius 1 is 1.33 bits per heavy atom. The molecule has 0 radical (unpaired) electrons. The number of rotatable bonds is 6. The maximum Gasteiger partial charge on any atom is 0.242 e. The number of carbonyl (C=O) groups excluding carboxylic acids is 2. The number of piperazine rings is 1. The van der Waals surface area contributed by atoms with Crippen molar-refractivity contribution in [1.29, 1.82) is 0 Å². The molecule has 1 atom stereocenters. The van der Waals surface area contributed by atoms with Crippen LogP contribution in [0.2, 0.25) is 0 Å². The van der Waals surface area contributed by atoms with Crippen molar-refractivity contribution in [2.45, 2.75) is 13.0 Å². The van der Waals surface area contributed by atoms with Crippen molar-refractivity contribution in [3.63, 3.8) is 0 Å². The number of amides is 2. The average Bonchev–Trinajstić information content (AvgIpc) is 2.42. The SMILES string of the molecule is COCCN1CCN(C(=O)CNC(=O)CN)CC1C.Cl.Cl. The minimum absolute atomic E-state index is 0. The van der Waals surface area contributed by atoms with Gasteiger partial charge in [-0.2, -0.15) is 0 Å². The maximum absolute atomic E-state index is 11.9. The molecular formula is C12H26Cl2N4O3. The van der Waals surface area contributed by atoms with Crippen LogP contribution in [0.25, 0.3) is 0 Å². The Bertz CT molecular complexity index is 321. The van der Waals surface area contributed by atoms with E-state index in [9.17, 15) is 9.59 Å². The zero-order valence-corrected chi connectivity index (χ0v) is 14.2. The summed E-state index contributed by atoms with van der Waals surface area (Å²) in [4.78, 5) is 27.0. The highest BCUT2D eigenvalue weighted by Crippen LogP contribution is 2.09. The zero-order valence-electron chi connectivity index (χ0n) is 12.5. The summed E-state index contributed by atoms with van der Waals surface area (Å²) < 4.78 is 5.06. The van der Waals surface area contributed by atoms with Gasteiger partial charge in [0.25, 0.3) is 0 Å². The standard InChI is InChI=1S/C12H24N4O3.2ClH/c1-10-9-16(4-3-15(10)5-6-19-2)12(18)8-14-11(17)7-13;;/h10H,3-9,13H2,1-2H3,(H,14,17);2*1H. The molecular weight excluding hydrogens is 319 g/mol. The van der Waals surface area contributed by atoms with Crippen LogP contribution in [0.15, 0.2) is 0 Å². The molecule has 7 nitrogen and oxygen atoms in total. The van der Waals surface area contributed by atoms with E-state index in [4.69, 9.17) is 10.5 Å². The molecule has 0 aromatic heterocycles. The lowest BCUT2D eigenvalue weighted by Gasteiger charge is -2.39. The lowest BCUT2D eigenvalue weighted by Crippen LogP contribution is -2.55. The van der Waals surface area contributed by atoms with Crippen LogP contribution >= 0.6 is 24.8 Å². The van der Waals surface area contributed by atoms with E-state index in [0.29, 0.717) is 25.7 Å². The Morgan fingerprint density at radius 2 is 2.00 bits per heavy atom. The average molecular weight is 345 g/mol. The number of carbonyl (C=O) groups is 2. The van der Waals surface area contributed by atoms with Gasteiger partial charge in [-0.3, -0.25) is 14.5 Å². The fourth-order valence-electron chi connectivity index (χ4n) is 2.12. The van der Waals surface area contributed by atoms with Crippen molar-refractivity contribution in [2.24, 2.45) is 5.73 Å². The summed E-state index contributed by atoms with van der Waals surface area (Å²) in [6.07, 6.45) is 0. The van der Waals surface area contributed by atoms with Crippen LogP contribution in [0, 0.1) is 0 Å². The van der Waals surface area contributed by atoms with E-state index < -0.39 is 0 Å². The third kappa shape index (κ3) is 7.82. The molecule has 1 aliphatic rings. The maximum atomic E-state index is 11.9. The van der Waals surface area contributed by atoms with Crippen LogP contribution in [-0.4, -0.2) is 80.6 Å². The first-order chi connectivity index (χ1) is 9.08. The molecule has 126 valence electrons. The molecule has 2 amide bonds. The Morgan fingerprint density at radius 3 is 2.52 bits per heavy atom. The molecule has 1 unspecified atom stereocenters. The molecule has 0 bridgehead atoms. The smallest absolute Gasteiger partial charge is 0.242 e. The third-order valence-electron chi connectivity index (χ3n) is 3.32. The predicted molar refractivity (Wildman–Crippen MR) is 86.1 cm³/mol. The first kappa shape index (κ1) is 22.7. The number of nitrogens with zero attached hydrogens (tertiary/aromatic N) is 2. The number of nitrogens with one attached hydrogen (secondary N) is 1. The van der Waals surface area contributed by atoms with Gasteiger partial charge in [0.05, 0.1) is 19.7 Å². The highest BCUT2D eigenvalue weighted by Gasteiger charge is 2.26. The van der Waals surface area contributed by atoms with Gasteiger partial charge in [0.15, 0.2) is 0 Å². The van der Waals surface area contributed by atoms with Gasteiger partial charge in [0.2, 0.25) is 11.8 Å². The van der Waals surface area contributed by atoms with Gasteiger partial charge in [0, 0.05) is 39.3 Å². The minimum atomic E-state index is -0.305. The summed E-state index contributed by atoms with van der Waals surface area (Å²) in [5.74, 6) is -0.361. The highest BCUT2D eigenvalue weighted by atomic mass is 35.5. The molecule has 0 aromatic carbocycles. The number of hydrogen-bond donors (Lipinski definition) is 2. The number of halogens is 2. The molecule has 0 aliphatic carbocycles. The molecule has 0 spiro atoms. The van der Waals surface area contributed by atoms with Gasteiger partial charge in [-0.25, -0.2) is 0 Å². The van der Waals surface area contributed by atoms with E-state index in [1.165, 1.54) is 0 Å². The van der Waals surface area contributed by atoms with Crippen LogP contribution in [-0.2, 0) is 14.3 Å². The summed E-state index contributed by atoms with van der Waals surface area (Å²) in [7, 11) is 1.69. The Labute approximate surface area is 138 Å². The fraction of sp³-hybridized carbons (Fsp3) is 0.833. The molecule has 1 heterocycles. The monoisotopic (exact) mass is 344 g/mol. The van der Waals surface area contributed by atoms with Crippen molar-refractivity contribution in [2.75, 3.05) is 53.0 Å². The molecule has 0 aromatic rings. The molecule has 0 saturated carbocycles. The second kappa shape index (κ2) is 12.0. The zero-order chi connectivity index (χ0) is 14.3. The van der Waals surface area contributed by atoms with Gasteiger partial charge in [0.1, 0.15) is 0 Å². The number of methoxy groups -OCH3 is 1. The van der Waals surface area contributed by atoms with Gasteiger partial charge < -0.3 is 20.7 Å². The van der Waals surface area contributed by atoms with Gasteiger partial charge >= 0.3 is 0 Å². The lowest BCUT2D eigenvalue weighted by atomic mass is 10.2. The van der Waals surface area contributed by atoms with Gasteiger partial charge in [-0.05, 0) is 6.92 Å². The number of nitrogens with two attached hydrogens (primary N) is 1. The quantitative estimate of drug-likeness (QED) is 0.650. The summed E-state index contributed by atoms with van der Waals surface area (Å²) in [6, 6.07) is 0.304. The van der Waals surface area contributed by atoms with Crippen molar-refractivity contribution < 1.29 is 14.3 Å². The highest BCUT2D eigenvalue weighted by molar-refractivity contribution is 5.86.